The highest BCUT2D eigenvalue weighted by molar-refractivity contribution is 5.96. The Hall–Kier alpha value is -2.93. The molecule has 7 nitrogen and oxygen atoms in total. The maximum atomic E-state index is 12.7. The molecule has 2 heterocycles. The van der Waals surface area contributed by atoms with Gasteiger partial charge in [-0.05, 0) is 50.0 Å². The molecule has 1 aromatic rings. The summed E-state index contributed by atoms with van der Waals surface area (Å²) in [5.74, 6) is -0.347. The van der Waals surface area contributed by atoms with Gasteiger partial charge in [0.15, 0.2) is 0 Å². The number of likely N-dealkylation sites (N-methyl/N-ethyl adjacent to an activating group) is 1. The molecule has 3 rings (SSSR count). The summed E-state index contributed by atoms with van der Waals surface area (Å²) in [4.78, 5) is 30.8. The number of hydrogen-bond acceptors (Lipinski definition) is 5. The molecule has 0 unspecified atom stereocenters. The molecule has 2 aliphatic rings. The van der Waals surface area contributed by atoms with E-state index in [4.69, 9.17) is 4.74 Å². The second-order valence-electron chi connectivity index (χ2n) is 7.05. The molecule has 1 aliphatic carbocycles. The van der Waals surface area contributed by atoms with Gasteiger partial charge in [-0.15, -0.1) is 0 Å². The molecule has 2 fully saturated rings. The smallest absolute Gasteiger partial charge is 0.270 e. The number of nitrogens with one attached hydrogen (secondary N) is 1. The van der Waals surface area contributed by atoms with E-state index >= 15 is 0 Å². The predicted octanol–water partition coefficient (Wildman–Crippen LogP) is 2.01. The van der Waals surface area contributed by atoms with Crippen molar-refractivity contribution in [2.75, 3.05) is 13.7 Å². The molecule has 0 bridgehead atoms. The average molecular weight is 383 g/mol. The summed E-state index contributed by atoms with van der Waals surface area (Å²) >= 11 is 0. The molecule has 1 saturated heterocycles. The predicted molar refractivity (Wildman–Crippen MR) is 104 cm³/mol. The van der Waals surface area contributed by atoms with E-state index in [0.29, 0.717) is 29.9 Å². The second kappa shape index (κ2) is 7.98. The molecule has 2 amide bonds. The van der Waals surface area contributed by atoms with Crippen LogP contribution in [0.25, 0.3) is 0 Å². The number of pyridine rings is 1. The lowest BCUT2D eigenvalue weighted by atomic mass is 9.75. The number of carbonyl (C=O) groups is 2. The van der Waals surface area contributed by atoms with Gasteiger partial charge in [-0.1, -0.05) is 18.7 Å². The Labute approximate surface area is 164 Å². The number of aromatic nitrogens is 1. The zero-order valence-electron chi connectivity index (χ0n) is 16.1. The van der Waals surface area contributed by atoms with E-state index in [-0.39, 0.29) is 18.2 Å². The number of nitrogens with zero attached hydrogens (tertiary/aromatic N) is 2. The van der Waals surface area contributed by atoms with Gasteiger partial charge in [0.1, 0.15) is 24.1 Å². The number of carbonyl (C=O) groups excluding carboxylic acids is 2. The van der Waals surface area contributed by atoms with Crippen LogP contribution in [0.4, 0.5) is 0 Å². The maximum Gasteiger partial charge on any atom is 0.270 e. The highest BCUT2D eigenvalue weighted by atomic mass is 16.5. The highest BCUT2D eigenvalue weighted by Crippen LogP contribution is 2.40. The molecule has 7 heteroatoms. The van der Waals surface area contributed by atoms with Crippen LogP contribution in [0.5, 0.6) is 0 Å². The van der Waals surface area contributed by atoms with Crippen LogP contribution in [0.15, 0.2) is 54.6 Å². The molecule has 28 heavy (non-hydrogen) atoms. The first-order chi connectivity index (χ1) is 13.4. The number of aliphatic hydroxyl groups is 1. The molecule has 0 radical (unpaired) electrons. The lowest BCUT2D eigenvalue weighted by Gasteiger charge is -2.37. The Bertz CT molecular complexity index is 855. The Morgan fingerprint density at radius 3 is 2.89 bits per heavy atom. The van der Waals surface area contributed by atoms with E-state index in [2.05, 4.69) is 16.9 Å². The van der Waals surface area contributed by atoms with Crippen LogP contribution >= 0.6 is 0 Å². The lowest BCUT2D eigenvalue weighted by molar-refractivity contribution is -0.129. The molecular formula is C21H25N3O4. The molecule has 1 aromatic heterocycles. The van der Waals surface area contributed by atoms with Crippen molar-refractivity contribution in [2.24, 2.45) is 0 Å². The highest BCUT2D eigenvalue weighted by Gasteiger charge is 2.37. The van der Waals surface area contributed by atoms with Gasteiger partial charge in [-0.2, -0.15) is 0 Å². The third-order valence-corrected chi connectivity index (χ3v) is 5.18. The van der Waals surface area contributed by atoms with Crippen molar-refractivity contribution in [1.29, 1.82) is 0 Å². The van der Waals surface area contributed by atoms with Crippen molar-refractivity contribution in [2.45, 2.75) is 37.8 Å². The second-order valence-corrected chi connectivity index (χ2v) is 7.05. The fraction of sp³-hybridized carbons (Fsp3) is 0.381. The summed E-state index contributed by atoms with van der Waals surface area (Å²) in [6, 6.07) is 2.42. The average Bonchev–Trinajstić information content (AvgIpc) is 2.77. The lowest BCUT2D eigenvalue weighted by Crippen LogP contribution is -2.48. The summed E-state index contributed by atoms with van der Waals surface area (Å²) in [5, 5.41) is 13.2. The minimum Gasteiger partial charge on any atom is -0.489 e. The molecule has 2 N–H and O–H groups in total. The fourth-order valence-corrected chi connectivity index (χ4v) is 3.17. The first-order valence-corrected chi connectivity index (χ1v) is 9.28. The zero-order valence-corrected chi connectivity index (χ0v) is 16.1. The van der Waals surface area contributed by atoms with Gasteiger partial charge in [-0.3, -0.25) is 14.6 Å². The Balaban J connectivity index is 1.76. The maximum absolute atomic E-state index is 12.7. The quantitative estimate of drug-likeness (QED) is 0.830. The van der Waals surface area contributed by atoms with E-state index in [9.17, 15) is 14.7 Å². The summed E-state index contributed by atoms with van der Waals surface area (Å²) in [6.45, 7) is 5.75. The largest absolute Gasteiger partial charge is 0.489 e. The van der Waals surface area contributed by atoms with Crippen molar-refractivity contribution >= 4 is 11.8 Å². The molecular weight excluding hydrogens is 358 g/mol. The van der Waals surface area contributed by atoms with E-state index in [1.807, 2.05) is 13.0 Å². The van der Waals surface area contributed by atoms with Gasteiger partial charge in [0.05, 0.1) is 11.3 Å². The summed E-state index contributed by atoms with van der Waals surface area (Å²) < 4.78 is 5.68. The van der Waals surface area contributed by atoms with E-state index in [1.54, 1.807) is 31.3 Å². The van der Waals surface area contributed by atoms with Crippen LogP contribution < -0.4 is 5.32 Å². The first kappa shape index (κ1) is 19.8. The number of amides is 2. The Morgan fingerprint density at radius 1 is 1.50 bits per heavy atom. The van der Waals surface area contributed by atoms with Gasteiger partial charge >= 0.3 is 0 Å². The van der Waals surface area contributed by atoms with Gasteiger partial charge < -0.3 is 20.1 Å². The van der Waals surface area contributed by atoms with Gasteiger partial charge in [0.25, 0.3) is 11.8 Å². The van der Waals surface area contributed by atoms with Gasteiger partial charge in [-0.25, -0.2) is 0 Å². The third-order valence-electron chi connectivity index (χ3n) is 5.18. The van der Waals surface area contributed by atoms with Crippen LogP contribution in [0.2, 0.25) is 0 Å². The molecule has 148 valence electrons. The number of ether oxygens (including phenoxy) is 1. The van der Waals surface area contributed by atoms with Crippen LogP contribution in [0.1, 0.15) is 42.2 Å². The zero-order chi connectivity index (χ0) is 20.3. The normalized spacial score (nSPS) is 23.3. The SMILES string of the molecule is C=C1/C(=C\C=C/C)OC[C@H](NC(=O)c2cc(C3(O)CCC3)ccn2)C(=O)N1C. The van der Waals surface area contributed by atoms with Crippen LogP contribution in [-0.2, 0) is 15.1 Å². The van der Waals surface area contributed by atoms with Crippen LogP contribution in [0.3, 0.4) is 0 Å². The van der Waals surface area contributed by atoms with E-state index in [1.165, 1.54) is 11.1 Å². The fourth-order valence-electron chi connectivity index (χ4n) is 3.17. The topological polar surface area (TPSA) is 91.8 Å². The van der Waals surface area contributed by atoms with E-state index in [0.717, 1.165) is 6.42 Å². The van der Waals surface area contributed by atoms with Crippen molar-refractivity contribution in [3.05, 3.63) is 65.9 Å². The molecule has 1 atom stereocenters. The van der Waals surface area contributed by atoms with Crippen LogP contribution in [-0.4, -0.2) is 46.5 Å². The van der Waals surface area contributed by atoms with Crippen molar-refractivity contribution in [3.63, 3.8) is 0 Å². The number of hydrogen-bond donors (Lipinski definition) is 2. The van der Waals surface area contributed by atoms with Crippen molar-refractivity contribution in [3.8, 4) is 0 Å². The Kier molecular flexibility index (Phi) is 5.65. The summed E-state index contributed by atoms with van der Waals surface area (Å²) in [7, 11) is 1.59. The van der Waals surface area contributed by atoms with Crippen molar-refractivity contribution in [1.82, 2.24) is 15.2 Å². The Morgan fingerprint density at radius 2 is 2.25 bits per heavy atom. The molecule has 0 aromatic carbocycles. The number of allylic oxidation sites excluding steroid dienone is 3. The van der Waals surface area contributed by atoms with Crippen molar-refractivity contribution < 1.29 is 19.4 Å². The molecule has 1 aliphatic heterocycles. The summed E-state index contributed by atoms with van der Waals surface area (Å²) in [6.07, 6.45) is 9.14. The third kappa shape index (κ3) is 3.84. The van der Waals surface area contributed by atoms with Crippen LogP contribution in [0, 0.1) is 0 Å². The number of rotatable bonds is 4. The summed E-state index contributed by atoms with van der Waals surface area (Å²) in [5.41, 5.74) is 0.363. The van der Waals surface area contributed by atoms with Gasteiger partial charge in [0.2, 0.25) is 0 Å². The minimum atomic E-state index is -0.885. The standard InChI is InChI=1S/C21H25N3O4/c1-4-5-7-18-14(2)24(3)20(26)17(13-28-18)23-19(25)16-12-15(8-11-22-16)21(27)9-6-10-21/h4-5,7-8,11-12,17,27H,2,6,9-10,13H2,1,3H3,(H,23,25)/b5-4-,18-7+/t17-/m0/s1. The monoisotopic (exact) mass is 383 g/mol. The van der Waals surface area contributed by atoms with E-state index < -0.39 is 17.6 Å². The molecule has 0 spiro atoms. The molecule has 1 saturated carbocycles. The first-order valence-electron chi connectivity index (χ1n) is 9.28. The van der Waals surface area contributed by atoms with Gasteiger partial charge in [0, 0.05) is 13.2 Å². The minimum absolute atomic E-state index is 0.0129.